The van der Waals surface area contributed by atoms with E-state index in [-0.39, 0.29) is 5.54 Å². The van der Waals surface area contributed by atoms with Crippen molar-refractivity contribution in [2.24, 2.45) is 0 Å². The standard InChI is InChI=1S/C16H26N4O3.C2HF3O2/c1-21-9-7-20-8-10-23-12-16(20)3-5-19(6-4-16)14-11-15(22-2)18-13-17-14;3-2(4,5)1(6)7/h11,13H,3-10,12H2,1-2H3;(H,6,7). The van der Waals surface area contributed by atoms with Crippen molar-refractivity contribution >= 4 is 11.8 Å². The molecular formula is C18H27F3N4O5. The second kappa shape index (κ2) is 10.7. The molecule has 0 saturated carbocycles. The lowest BCUT2D eigenvalue weighted by Gasteiger charge is -2.51. The first kappa shape index (κ1) is 24.1. The summed E-state index contributed by atoms with van der Waals surface area (Å²) in [6.07, 6.45) is -1.38. The van der Waals surface area contributed by atoms with Gasteiger partial charge in [-0.3, -0.25) is 4.90 Å². The number of ether oxygens (including phenoxy) is 3. The Morgan fingerprint density at radius 3 is 2.50 bits per heavy atom. The van der Waals surface area contributed by atoms with Crippen molar-refractivity contribution < 1.29 is 37.3 Å². The zero-order valence-electron chi connectivity index (χ0n) is 17.0. The fourth-order valence-corrected chi connectivity index (χ4v) is 3.54. The van der Waals surface area contributed by atoms with Crippen LogP contribution in [0.25, 0.3) is 0 Å². The molecule has 12 heteroatoms. The Bertz CT molecular complexity index is 684. The van der Waals surface area contributed by atoms with Crippen molar-refractivity contribution in [3.05, 3.63) is 12.4 Å². The molecule has 2 saturated heterocycles. The molecule has 0 aliphatic carbocycles. The summed E-state index contributed by atoms with van der Waals surface area (Å²) in [4.78, 5) is 22.2. The average Bonchev–Trinajstić information content (AvgIpc) is 2.73. The van der Waals surface area contributed by atoms with Crippen molar-refractivity contribution in [3.8, 4) is 5.88 Å². The molecule has 0 bridgehead atoms. The van der Waals surface area contributed by atoms with E-state index in [2.05, 4.69) is 19.8 Å². The maximum Gasteiger partial charge on any atom is 0.490 e. The second-order valence-electron chi connectivity index (χ2n) is 6.97. The highest BCUT2D eigenvalue weighted by Crippen LogP contribution is 2.33. The van der Waals surface area contributed by atoms with Gasteiger partial charge >= 0.3 is 12.1 Å². The van der Waals surface area contributed by atoms with Gasteiger partial charge in [0.15, 0.2) is 0 Å². The molecule has 0 aromatic carbocycles. The summed E-state index contributed by atoms with van der Waals surface area (Å²) in [6.45, 7) is 6.30. The van der Waals surface area contributed by atoms with Gasteiger partial charge in [0, 0.05) is 44.9 Å². The number of hydrogen-bond acceptors (Lipinski definition) is 8. The lowest BCUT2D eigenvalue weighted by molar-refractivity contribution is -0.192. The molecule has 2 fully saturated rings. The Hall–Kier alpha value is -2.18. The predicted octanol–water partition coefficient (Wildman–Crippen LogP) is 1.44. The summed E-state index contributed by atoms with van der Waals surface area (Å²) in [5, 5.41) is 7.12. The van der Waals surface area contributed by atoms with Gasteiger partial charge in [0.1, 0.15) is 12.1 Å². The van der Waals surface area contributed by atoms with Gasteiger partial charge < -0.3 is 24.2 Å². The van der Waals surface area contributed by atoms with Crippen molar-refractivity contribution in [3.63, 3.8) is 0 Å². The maximum absolute atomic E-state index is 10.6. The van der Waals surface area contributed by atoms with Crippen LogP contribution in [0.1, 0.15) is 12.8 Å². The molecule has 0 radical (unpaired) electrons. The smallest absolute Gasteiger partial charge is 0.481 e. The molecule has 9 nitrogen and oxygen atoms in total. The van der Waals surface area contributed by atoms with Gasteiger partial charge in [-0.05, 0) is 12.8 Å². The minimum atomic E-state index is -5.08. The summed E-state index contributed by atoms with van der Waals surface area (Å²) in [5.41, 5.74) is 0.143. The number of methoxy groups -OCH3 is 2. The van der Waals surface area contributed by atoms with Crippen LogP contribution >= 0.6 is 0 Å². The number of alkyl halides is 3. The highest BCUT2D eigenvalue weighted by molar-refractivity contribution is 5.73. The van der Waals surface area contributed by atoms with Crippen LogP contribution in [0.2, 0.25) is 0 Å². The predicted molar refractivity (Wildman–Crippen MR) is 101 cm³/mol. The van der Waals surface area contributed by atoms with Gasteiger partial charge in [-0.2, -0.15) is 13.2 Å². The van der Waals surface area contributed by atoms with Crippen LogP contribution in [0.5, 0.6) is 5.88 Å². The van der Waals surface area contributed by atoms with Gasteiger partial charge in [-0.15, -0.1) is 0 Å². The van der Waals surface area contributed by atoms with E-state index in [1.54, 1.807) is 20.5 Å². The van der Waals surface area contributed by atoms with Crippen LogP contribution < -0.4 is 9.64 Å². The number of carboxylic acid groups (broad SMARTS) is 1. The van der Waals surface area contributed by atoms with Crippen LogP contribution in [-0.4, -0.2) is 97.9 Å². The zero-order valence-corrected chi connectivity index (χ0v) is 17.0. The molecule has 3 rings (SSSR count). The van der Waals surface area contributed by atoms with E-state index >= 15 is 0 Å². The van der Waals surface area contributed by atoms with E-state index in [0.717, 1.165) is 64.7 Å². The van der Waals surface area contributed by atoms with Crippen molar-refractivity contribution in [2.75, 3.05) is 65.1 Å². The topological polar surface area (TPSA) is 97.3 Å². The third kappa shape index (κ3) is 6.41. The first-order valence-electron chi connectivity index (χ1n) is 9.45. The zero-order chi connectivity index (χ0) is 22.2. The Morgan fingerprint density at radius 1 is 1.27 bits per heavy atom. The number of nitrogens with zero attached hydrogens (tertiary/aromatic N) is 4. The van der Waals surface area contributed by atoms with Gasteiger partial charge in [-0.1, -0.05) is 0 Å². The van der Waals surface area contributed by atoms with E-state index in [9.17, 15) is 13.2 Å². The molecule has 2 aliphatic rings. The number of halogens is 3. The van der Waals surface area contributed by atoms with E-state index in [0.29, 0.717) is 5.88 Å². The number of aliphatic carboxylic acids is 1. The van der Waals surface area contributed by atoms with E-state index in [1.807, 2.05) is 6.07 Å². The monoisotopic (exact) mass is 436 g/mol. The summed E-state index contributed by atoms with van der Waals surface area (Å²) < 4.78 is 48.0. The summed E-state index contributed by atoms with van der Waals surface area (Å²) in [6, 6.07) is 1.90. The van der Waals surface area contributed by atoms with Gasteiger partial charge in [0.05, 0.1) is 26.9 Å². The number of hydrogen-bond donors (Lipinski definition) is 1. The SMILES string of the molecule is COCCN1CCOCC12CCN(c1cc(OC)ncn1)CC2.O=C(O)C(F)(F)F. The fraction of sp³-hybridized carbons (Fsp3) is 0.722. The number of rotatable bonds is 5. The minimum Gasteiger partial charge on any atom is -0.481 e. The molecule has 0 atom stereocenters. The minimum absolute atomic E-state index is 0.143. The van der Waals surface area contributed by atoms with Crippen LogP contribution in [0.3, 0.4) is 0 Å². The largest absolute Gasteiger partial charge is 0.490 e. The Morgan fingerprint density at radius 2 is 1.93 bits per heavy atom. The lowest BCUT2D eigenvalue weighted by Crippen LogP contribution is -2.62. The highest BCUT2D eigenvalue weighted by Gasteiger charge is 2.42. The van der Waals surface area contributed by atoms with Crippen molar-refractivity contribution in [1.82, 2.24) is 14.9 Å². The number of morpholine rings is 1. The number of anilines is 1. The third-order valence-electron chi connectivity index (χ3n) is 5.21. The normalized spacial score (nSPS) is 19.2. The average molecular weight is 436 g/mol. The molecule has 30 heavy (non-hydrogen) atoms. The van der Waals surface area contributed by atoms with E-state index in [1.165, 1.54) is 0 Å². The van der Waals surface area contributed by atoms with Gasteiger partial charge in [0.25, 0.3) is 0 Å². The fourth-order valence-electron chi connectivity index (χ4n) is 3.54. The Labute approximate surface area is 172 Å². The quantitative estimate of drug-likeness (QED) is 0.735. The molecule has 1 aromatic rings. The molecule has 0 amide bonds. The number of piperidine rings is 1. The molecule has 0 unspecified atom stereocenters. The molecule has 2 aliphatic heterocycles. The van der Waals surface area contributed by atoms with E-state index in [4.69, 9.17) is 24.1 Å². The first-order valence-corrected chi connectivity index (χ1v) is 9.45. The molecule has 170 valence electrons. The molecule has 1 N–H and O–H groups in total. The number of aromatic nitrogens is 2. The van der Waals surface area contributed by atoms with Crippen LogP contribution in [0, 0.1) is 0 Å². The molecule has 1 aromatic heterocycles. The molecular weight excluding hydrogens is 409 g/mol. The van der Waals surface area contributed by atoms with E-state index < -0.39 is 12.1 Å². The number of carbonyl (C=O) groups is 1. The van der Waals surface area contributed by atoms with Gasteiger partial charge in [0.2, 0.25) is 5.88 Å². The summed E-state index contributed by atoms with van der Waals surface area (Å²) in [5.74, 6) is -1.21. The van der Waals surface area contributed by atoms with Crippen LogP contribution in [0.4, 0.5) is 19.0 Å². The second-order valence-corrected chi connectivity index (χ2v) is 6.97. The maximum atomic E-state index is 10.6. The molecule has 1 spiro atoms. The van der Waals surface area contributed by atoms with Crippen molar-refractivity contribution in [2.45, 2.75) is 24.6 Å². The molecule has 3 heterocycles. The van der Waals surface area contributed by atoms with Crippen LogP contribution in [-0.2, 0) is 14.3 Å². The Kier molecular flexibility index (Phi) is 8.62. The lowest BCUT2D eigenvalue weighted by atomic mass is 9.85. The van der Waals surface area contributed by atoms with Crippen LogP contribution in [0.15, 0.2) is 12.4 Å². The first-order chi connectivity index (χ1) is 14.2. The number of carboxylic acids is 1. The highest BCUT2D eigenvalue weighted by atomic mass is 19.4. The van der Waals surface area contributed by atoms with Crippen molar-refractivity contribution in [1.29, 1.82) is 0 Å². The summed E-state index contributed by atoms with van der Waals surface area (Å²) >= 11 is 0. The summed E-state index contributed by atoms with van der Waals surface area (Å²) in [7, 11) is 3.39. The van der Waals surface area contributed by atoms with Gasteiger partial charge in [-0.25, -0.2) is 14.8 Å². The Balaban J connectivity index is 0.000000396. The third-order valence-corrected chi connectivity index (χ3v) is 5.21.